The fraction of sp³-hybridized carbons (Fsp3) is 0.0952. The molecular weight excluding hydrogens is 412 g/mol. The van der Waals surface area contributed by atoms with Crippen LogP contribution in [-0.2, 0) is 10.0 Å². The highest BCUT2D eigenvalue weighted by Crippen LogP contribution is 2.28. The molecule has 0 radical (unpaired) electrons. The molecule has 3 aromatic carbocycles. The lowest BCUT2D eigenvalue weighted by atomic mass is 10.1. The van der Waals surface area contributed by atoms with Crippen molar-refractivity contribution < 1.29 is 17.9 Å². The van der Waals surface area contributed by atoms with Crippen molar-refractivity contribution in [3.8, 4) is 5.75 Å². The highest BCUT2D eigenvalue weighted by atomic mass is 35.5. The van der Waals surface area contributed by atoms with Crippen LogP contribution in [0.15, 0.2) is 71.6 Å². The summed E-state index contributed by atoms with van der Waals surface area (Å²) in [4.78, 5) is 12.8. The standard InChI is InChI=1S/C21H19ClN2O4S/c1-14-12-15(21(25)23-19-13-16(22)9-11-20(19)28-2)8-10-18(14)24-29(26,27)17-6-4-3-5-7-17/h3-13,24H,1-2H3,(H,23,25). The lowest BCUT2D eigenvalue weighted by molar-refractivity contribution is 0.102. The highest BCUT2D eigenvalue weighted by Gasteiger charge is 2.16. The van der Waals surface area contributed by atoms with E-state index in [1.807, 2.05) is 0 Å². The van der Waals surface area contributed by atoms with Gasteiger partial charge in [-0.05, 0) is 61.0 Å². The Kier molecular flexibility index (Phi) is 6.10. The molecule has 2 N–H and O–H groups in total. The summed E-state index contributed by atoms with van der Waals surface area (Å²) in [5, 5.41) is 3.21. The van der Waals surface area contributed by atoms with Gasteiger partial charge in [0.25, 0.3) is 15.9 Å². The smallest absolute Gasteiger partial charge is 0.261 e. The Balaban J connectivity index is 1.81. The van der Waals surface area contributed by atoms with Gasteiger partial charge in [0.15, 0.2) is 0 Å². The van der Waals surface area contributed by atoms with Gasteiger partial charge in [-0.2, -0.15) is 0 Å². The van der Waals surface area contributed by atoms with Crippen LogP contribution in [0.3, 0.4) is 0 Å². The molecule has 0 bridgehead atoms. The second-order valence-corrected chi connectivity index (χ2v) is 8.37. The molecule has 3 aromatic rings. The number of hydrogen-bond acceptors (Lipinski definition) is 4. The number of nitrogens with one attached hydrogen (secondary N) is 2. The number of hydrogen-bond donors (Lipinski definition) is 2. The number of carbonyl (C=O) groups is 1. The molecule has 0 aliphatic carbocycles. The van der Waals surface area contributed by atoms with Gasteiger partial charge in [0, 0.05) is 10.6 Å². The van der Waals surface area contributed by atoms with Crippen LogP contribution >= 0.6 is 11.6 Å². The van der Waals surface area contributed by atoms with Gasteiger partial charge in [-0.1, -0.05) is 29.8 Å². The van der Waals surface area contributed by atoms with E-state index in [9.17, 15) is 13.2 Å². The van der Waals surface area contributed by atoms with E-state index in [1.165, 1.54) is 19.2 Å². The minimum atomic E-state index is -3.71. The molecule has 3 rings (SSSR count). The van der Waals surface area contributed by atoms with Gasteiger partial charge in [-0.3, -0.25) is 9.52 Å². The minimum Gasteiger partial charge on any atom is -0.495 e. The van der Waals surface area contributed by atoms with Gasteiger partial charge in [-0.15, -0.1) is 0 Å². The minimum absolute atomic E-state index is 0.161. The van der Waals surface area contributed by atoms with E-state index in [-0.39, 0.29) is 10.8 Å². The molecular formula is C21H19ClN2O4S. The van der Waals surface area contributed by atoms with Crippen molar-refractivity contribution in [1.29, 1.82) is 0 Å². The zero-order valence-corrected chi connectivity index (χ0v) is 17.3. The molecule has 0 spiro atoms. The number of amides is 1. The van der Waals surface area contributed by atoms with Crippen LogP contribution in [0.5, 0.6) is 5.75 Å². The lowest BCUT2D eigenvalue weighted by Gasteiger charge is -2.13. The summed E-state index contributed by atoms with van der Waals surface area (Å²) in [6, 6.07) is 17.7. The molecule has 1 amide bonds. The third-order valence-corrected chi connectivity index (χ3v) is 5.81. The summed E-state index contributed by atoms with van der Waals surface area (Å²) in [5.74, 6) is 0.109. The largest absolute Gasteiger partial charge is 0.495 e. The molecule has 0 saturated carbocycles. The molecule has 0 aliphatic heterocycles. The van der Waals surface area contributed by atoms with Gasteiger partial charge in [0.05, 0.1) is 23.4 Å². The van der Waals surface area contributed by atoms with Crippen LogP contribution in [0, 0.1) is 6.92 Å². The Labute approximate surface area is 174 Å². The van der Waals surface area contributed by atoms with Crippen molar-refractivity contribution in [2.24, 2.45) is 0 Å². The van der Waals surface area contributed by atoms with Gasteiger partial charge in [0.1, 0.15) is 5.75 Å². The van der Waals surface area contributed by atoms with Crippen LogP contribution in [-0.4, -0.2) is 21.4 Å². The predicted octanol–water partition coefficient (Wildman–Crippen LogP) is 4.71. The zero-order chi connectivity index (χ0) is 21.0. The molecule has 6 nitrogen and oxygen atoms in total. The molecule has 0 heterocycles. The molecule has 150 valence electrons. The summed E-state index contributed by atoms with van der Waals surface area (Å²) in [7, 11) is -2.22. The first kappa shape index (κ1) is 20.7. The SMILES string of the molecule is COc1ccc(Cl)cc1NC(=O)c1ccc(NS(=O)(=O)c2ccccc2)c(C)c1. The average Bonchev–Trinajstić information content (AvgIpc) is 2.70. The lowest BCUT2D eigenvalue weighted by Crippen LogP contribution is -2.15. The Bertz CT molecular complexity index is 1150. The van der Waals surface area contributed by atoms with Crippen molar-refractivity contribution in [3.63, 3.8) is 0 Å². The third-order valence-electron chi connectivity index (χ3n) is 4.20. The first-order chi connectivity index (χ1) is 13.8. The summed E-state index contributed by atoms with van der Waals surface area (Å²) >= 11 is 5.99. The Morgan fingerprint density at radius 1 is 0.966 bits per heavy atom. The van der Waals surface area contributed by atoms with Crippen LogP contribution in [0.2, 0.25) is 5.02 Å². The Hall–Kier alpha value is -3.03. The number of halogens is 1. The fourth-order valence-corrected chi connectivity index (χ4v) is 4.02. The molecule has 0 fully saturated rings. The summed E-state index contributed by atoms with van der Waals surface area (Å²) < 4.78 is 32.8. The number of anilines is 2. The summed E-state index contributed by atoms with van der Waals surface area (Å²) in [6.45, 7) is 1.72. The molecule has 0 saturated heterocycles. The van der Waals surface area contributed by atoms with Gasteiger partial charge >= 0.3 is 0 Å². The maximum atomic E-state index is 12.6. The highest BCUT2D eigenvalue weighted by molar-refractivity contribution is 7.92. The number of methoxy groups -OCH3 is 1. The van der Waals surface area contributed by atoms with Crippen LogP contribution in [0.4, 0.5) is 11.4 Å². The molecule has 0 atom stereocenters. The molecule has 29 heavy (non-hydrogen) atoms. The van der Waals surface area contributed by atoms with Crippen LogP contribution < -0.4 is 14.8 Å². The van der Waals surface area contributed by atoms with E-state index in [0.29, 0.717) is 33.3 Å². The van der Waals surface area contributed by atoms with Crippen molar-refractivity contribution in [2.45, 2.75) is 11.8 Å². The number of aryl methyl sites for hydroxylation is 1. The average molecular weight is 431 g/mol. The topological polar surface area (TPSA) is 84.5 Å². The van der Waals surface area contributed by atoms with E-state index in [4.69, 9.17) is 16.3 Å². The second-order valence-electron chi connectivity index (χ2n) is 6.25. The number of ether oxygens (including phenoxy) is 1. The first-order valence-corrected chi connectivity index (χ1v) is 10.5. The van der Waals surface area contributed by atoms with Crippen LogP contribution in [0.25, 0.3) is 0 Å². The van der Waals surface area contributed by atoms with E-state index >= 15 is 0 Å². The maximum absolute atomic E-state index is 12.6. The zero-order valence-electron chi connectivity index (χ0n) is 15.8. The number of sulfonamides is 1. The molecule has 0 unspecified atom stereocenters. The molecule has 0 aromatic heterocycles. The van der Waals surface area contributed by atoms with E-state index in [1.54, 1.807) is 61.5 Å². The van der Waals surface area contributed by atoms with E-state index in [0.717, 1.165) is 0 Å². The van der Waals surface area contributed by atoms with Crippen molar-refractivity contribution in [3.05, 3.63) is 82.9 Å². The predicted molar refractivity (Wildman–Crippen MR) is 114 cm³/mol. The number of rotatable bonds is 6. The van der Waals surface area contributed by atoms with Crippen molar-refractivity contribution >= 4 is 38.9 Å². The Morgan fingerprint density at radius 3 is 2.34 bits per heavy atom. The Morgan fingerprint density at radius 2 is 1.69 bits per heavy atom. The van der Waals surface area contributed by atoms with Crippen molar-refractivity contribution in [1.82, 2.24) is 0 Å². The quantitative estimate of drug-likeness (QED) is 0.593. The van der Waals surface area contributed by atoms with E-state index < -0.39 is 10.0 Å². The molecule has 0 aliphatic rings. The molecule has 8 heteroatoms. The maximum Gasteiger partial charge on any atom is 0.261 e. The monoisotopic (exact) mass is 430 g/mol. The summed E-state index contributed by atoms with van der Waals surface area (Å²) in [5.41, 5.74) is 1.81. The number of benzene rings is 3. The van der Waals surface area contributed by atoms with Gasteiger partial charge < -0.3 is 10.1 Å². The van der Waals surface area contributed by atoms with Gasteiger partial charge in [-0.25, -0.2) is 8.42 Å². The summed E-state index contributed by atoms with van der Waals surface area (Å²) in [6.07, 6.45) is 0. The first-order valence-electron chi connectivity index (χ1n) is 8.63. The second kappa shape index (κ2) is 8.55. The number of carbonyl (C=O) groups excluding carboxylic acids is 1. The third kappa shape index (κ3) is 4.88. The normalized spacial score (nSPS) is 11.0. The fourth-order valence-electron chi connectivity index (χ4n) is 2.70. The van der Waals surface area contributed by atoms with E-state index in [2.05, 4.69) is 10.0 Å². The van der Waals surface area contributed by atoms with Crippen LogP contribution in [0.1, 0.15) is 15.9 Å². The van der Waals surface area contributed by atoms with Gasteiger partial charge in [0.2, 0.25) is 0 Å². The van der Waals surface area contributed by atoms with Crippen molar-refractivity contribution in [2.75, 3.05) is 17.1 Å².